The average molecular weight is 155 g/mol. The van der Waals surface area contributed by atoms with Gasteiger partial charge in [0.15, 0.2) is 0 Å². The largest absolute Gasteiger partial charge is 0.396 e. The molecule has 2 amide bonds. The molecule has 1 saturated heterocycles. The lowest BCUT2D eigenvalue weighted by molar-refractivity contribution is -0.130. The zero-order valence-corrected chi connectivity index (χ0v) is 5.91. The Morgan fingerprint density at radius 2 is 2.18 bits per heavy atom. The Morgan fingerprint density at radius 1 is 1.45 bits per heavy atom. The van der Waals surface area contributed by atoms with Crippen molar-refractivity contribution in [2.24, 2.45) is 17.8 Å². The molecule has 0 bridgehead atoms. The van der Waals surface area contributed by atoms with Gasteiger partial charge < -0.3 is 5.11 Å². The molecule has 0 spiro atoms. The van der Waals surface area contributed by atoms with Crippen LogP contribution >= 0.6 is 0 Å². The highest BCUT2D eigenvalue weighted by atomic mass is 16.3. The molecule has 2 aliphatic rings. The zero-order chi connectivity index (χ0) is 8.01. The van der Waals surface area contributed by atoms with Gasteiger partial charge in [0.1, 0.15) is 0 Å². The maximum absolute atomic E-state index is 11.0. The molecule has 4 heteroatoms. The number of nitrogens with one attached hydrogen (secondary N) is 1. The summed E-state index contributed by atoms with van der Waals surface area (Å²) in [6.07, 6.45) is 0.665. The number of hydrogen-bond donors (Lipinski definition) is 2. The second-order valence-electron chi connectivity index (χ2n) is 3.16. The van der Waals surface area contributed by atoms with Gasteiger partial charge in [0.2, 0.25) is 11.8 Å². The van der Waals surface area contributed by atoms with Crippen LogP contribution in [-0.2, 0) is 9.59 Å². The number of rotatable bonds is 1. The fourth-order valence-corrected chi connectivity index (χ4v) is 1.90. The van der Waals surface area contributed by atoms with Crippen molar-refractivity contribution in [2.75, 3.05) is 6.61 Å². The molecule has 2 N–H and O–H groups in total. The van der Waals surface area contributed by atoms with Crippen molar-refractivity contribution < 1.29 is 14.7 Å². The van der Waals surface area contributed by atoms with Crippen LogP contribution in [0.3, 0.4) is 0 Å². The van der Waals surface area contributed by atoms with Gasteiger partial charge in [-0.05, 0) is 12.3 Å². The van der Waals surface area contributed by atoms with Crippen LogP contribution in [0.2, 0.25) is 0 Å². The molecule has 0 aromatic heterocycles. The second kappa shape index (κ2) is 2.04. The SMILES string of the molecule is O=C1NC(=O)[C@@H]2C[C@@H](CO)[C@H]12. The van der Waals surface area contributed by atoms with E-state index in [2.05, 4.69) is 5.32 Å². The molecule has 0 radical (unpaired) electrons. The summed E-state index contributed by atoms with van der Waals surface area (Å²) in [7, 11) is 0. The highest BCUT2D eigenvalue weighted by molar-refractivity contribution is 6.06. The van der Waals surface area contributed by atoms with Crippen LogP contribution in [0, 0.1) is 17.8 Å². The first kappa shape index (κ1) is 6.79. The summed E-state index contributed by atoms with van der Waals surface area (Å²) in [5.41, 5.74) is 0. The smallest absolute Gasteiger partial charge is 0.230 e. The van der Waals surface area contributed by atoms with Crippen LogP contribution in [0.25, 0.3) is 0 Å². The highest BCUT2D eigenvalue weighted by Crippen LogP contribution is 2.43. The lowest BCUT2D eigenvalue weighted by Gasteiger charge is -2.34. The van der Waals surface area contributed by atoms with Gasteiger partial charge in [-0.15, -0.1) is 0 Å². The number of hydrogen-bond acceptors (Lipinski definition) is 3. The van der Waals surface area contributed by atoms with Crippen LogP contribution in [0.5, 0.6) is 0 Å². The van der Waals surface area contributed by atoms with E-state index >= 15 is 0 Å². The molecule has 2 fully saturated rings. The first-order chi connectivity index (χ1) is 5.24. The lowest BCUT2D eigenvalue weighted by Crippen LogP contribution is -2.40. The molecule has 0 aromatic rings. The third-order valence-electron chi connectivity index (χ3n) is 2.62. The summed E-state index contributed by atoms with van der Waals surface area (Å²) in [5, 5.41) is 11.0. The van der Waals surface area contributed by atoms with E-state index in [1.807, 2.05) is 0 Å². The fourth-order valence-electron chi connectivity index (χ4n) is 1.90. The zero-order valence-electron chi connectivity index (χ0n) is 5.91. The van der Waals surface area contributed by atoms with Gasteiger partial charge in [-0.25, -0.2) is 0 Å². The van der Waals surface area contributed by atoms with E-state index < -0.39 is 0 Å². The van der Waals surface area contributed by atoms with Crippen molar-refractivity contribution in [3.63, 3.8) is 0 Å². The van der Waals surface area contributed by atoms with Crippen molar-refractivity contribution in [3.8, 4) is 0 Å². The number of carbonyl (C=O) groups excluding carboxylic acids is 2. The van der Waals surface area contributed by atoms with Crippen LogP contribution in [0.4, 0.5) is 0 Å². The van der Waals surface area contributed by atoms with Crippen LogP contribution in [0.1, 0.15) is 6.42 Å². The van der Waals surface area contributed by atoms with Crippen molar-refractivity contribution in [1.29, 1.82) is 0 Å². The molecule has 1 aliphatic carbocycles. The van der Waals surface area contributed by atoms with Gasteiger partial charge >= 0.3 is 0 Å². The van der Waals surface area contributed by atoms with E-state index in [9.17, 15) is 9.59 Å². The van der Waals surface area contributed by atoms with Crippen molar-refractivity contribution in [1.82, 2.24) is 5.32 Å². The Morgan fingerprint density at radius 3 is 2.73 bits per heavy atom. The molecule has 60 valence electrons. The summed E-state index contributed by atoms with van der Waals surface area (Å²) in [4.78, 5) is 21.9. The molecule has 2 rings (SSSR count). The molecule has 11 heavy (non-hydrogen) atoms. The number of aliphatic hydroxyl groups is 1. The molecule has 3 atom stereocenters. The van der Waals surface area contributed by atoms with E-state index in [4.69, 9.17) is 5.11 Å². The predicted octanol–water partition coefficient (Wildman–Crippen LogP) is -1.11. The highest BCUT2D eigenvalue weighted by Gasteiger charge is 2.54. The maximum Gasteiger partial charge on any atom is 0.230 e. The van der Waals surface area contributed by atoms with E-state index in [0.29, 0.717) is 6.42 Å². The maximum atomic E-state index is 11.0. The fraction of sp³-hybridized carbons (Fsp3) is 0.714. The monoisotopic (exact) mass is 155 g/mol. The Labute approximate surface area is 63.6 Å². The first-order valence-corrected chi connectivity index (χ1v) is 3.69. The molecule has 1 saturated carbocycles. The van der Waals surface area contributed by atoms with Crippen molar-refractivity contribution in [2.45, 2.75) is 6.42 Å². The average Bonchev–Trinajstić information content (AvgIpc) is 2.03. The summed E-state index contributed by atoms with van der Waals surface area (Å²) in [5.74, 6) is -0.714. The Hall–Kier alpha value is -0.900. The minimum atomic E-state index is -0.229. The van der Waals surface area contributed by atoms with Gasteiger partial charge in [0.05, 0.1) is 11.8 Å². The van der Waals surface area contributed by atoms with E-state index in [-0.39, 0.29) is 36.2 Å². The molecule has 4 nitrogen and oxygen atoms in total. The molecular formula is C7H9NO3. The molecule has 1 heterocycles. The quantitative estimate of drug-likeness (QED) is 0.472. The van der Waals surface area contributed by atoms with Crippen LogP contribution in [0.15, 0.2) is 0 Å². The van der Waals surface area contributed by atoms with Crippen molar-refractivity contribution in [3.05, 3.63) is 0 Å². The Kier molecular flexibility index (Phi) is 1.26. The van der Waals surface area contributed by atoms with Crippen LogP contribution < -0.4 is 5.32 Å². The summed E-state index contributed by atoms with van der Waals surface area (Å²) >= 11 is 0. The van der Waals surface area contributed by atoms with Crippen LogP contribution in [-0.4, -0.2) is 23.5 Å². The van der Waals surface area contributed by atoms with Gasteiger partial charge in [-0.1, -0.05) is 0 Å². The van der Waals surface area contributed by atoms with E-state index in [1.54, 1.807) is 0 Å². The number of carbonyl (C=O) groups is 2. The molecule has 1 aliphatic heterocycles. The number of aliphatic hydroxyl groups excluding tert-OH is 1. The van der Waals surface area contributed by atoms with Gasteiger partial charge in [0, 0.05) is 6.61 Å². The minimum absolute atomic E-state index is 0.0157. The topological polar surface area (TPSA) is 66.4 Å². The molecular weight excluding hydrogens is 146 g/mol. The van der Waals surface area contributed by atoms with Gasteiger partial charge in [-0.2, -0.15) is 0 Å². The van der Waals surface area contributed by atoms with E-state index in [0.717, 1.165) is 0 Å². The third-order valence-corrected chi connectivity index (χ3v) is 2.62. The predicted molar refractivity (Wildman–Crippen MR) is 35.3 cm³/mol. The Bertz CT molecular complexity index is 226. The number of fused-ring (bicyclic) bond motifs is 1. The minimum Gasteiger partial charge on any atom is -0.396 e. The molecule has 0 aromatic carbocycles. The first-order valence-electron chi connectivity index (χ1n) is 3.69. The normalized spacial score (nSPS) is 41.4. The summed E-state index contributed by atoms with van der Waals surface area (Å²) in [6.45, 7) is 0.0157. The summed E-state index contributed by atoms with van der Waals surface area (Å²) < 4.78 is 0. The van der Waals surface area contributed by atoms with Gasteiger partial charge in [0.25, 0.3) is 0 Å². The standard InChI is InChI=1S/C7H9NO3/c9-2-3-1-4-5(3)7(11)8-6(4)10/h3-5,9H,1-2H2,(H,8,10,11)/t3-,4+,5-/m0/s1. The lowest BCUT2D eigenvalue weighted by atomic mass is 9.66. The molecule has 0 unspecified atom stereocenters. The van der Waals surface area contributed by atoms with Gasteiger partial charge in [-0.3, -0.25) is 14.9 Å². The van der Waals surface area contributed by atoms with E-state index in [1.165, 1.54) is 0 Å². The van der Waals surface area contributed by atoms with Crippen molar-refractivity contribution >= 4 is 11.8 Å². The summed E-state index contributed by atoms with van der Waals surface area (Å²) in [6, 6.07) is 0. The second-order valence-corrected chi connectivity index (χ2v) is 3.16. The number of imide groups is 1. The Balaban J connectivity index is 2.15. The third kappa shape index (κ3) is 0.728. The number of amides is 2.